The van der Waals surface area contributed by atoms with Crippen molar-refractivity contribution < 1.29 is 18.0 Å². The number of anilines is 2. The molecule has 1 aromatic carbocycles. The van der Waals surface area contributed by atoms with E-state index in [1.54, 1.807) is 26.8 Å². The molecule has 0 aliphatic rings. The first-order chi connectivity index (χ1) is 10.6. The minimum Gasteiger partial charge on any atom is -0.326 e. The van der Waals surface area contributed by atoms with Crippen molar-refractivity contribution in [2.45, 2.75) is 27.2 Å². The summed E-state index contributed by atoms with van der Waals surface area (Å²) in [4.78, 5) is 23.3. The van der Waals surface area contributed by atoms with Crippen LogP contribution in [0.1, 0.15) is 27.2 Å². The van der Waals surface area contributed by atoms with E-state index in [9.17, 15) is 18.0 Å². The van der Waals surface area contributed by atoms with Crippen molar-refractivity contribution in [1.29, 1.82) is 0 Å². The second-order valence-electron chi connectivity index (χ2n) is 5.59. The third-order valence-electron chi connectivity index (χ3n) is 2.78. The minimum atomic E-state index is -3.47. The third kappa shape index (κ3) is 7.00. The number of sulfone groups is 1. The molecule has 0 aliphatic carbocycles. The van der Waals surface area contributed by atoms with E-state index in [0.717, 1.165) is 0 Å². The fourth-order valence-corrected chi connectivity index (χ4v) is 3.67. The molecule has 0 bridgehead atoms. The second kappa shape index (κ2) is 8.31. The lowest BCUT2D eigenvalue weighted by atomic mass is 10.2. The zero-order valence-corrected chi connectivity index (χ0v) is 14.9. The topological polar surface area (TPSA) is 92.3 Å². The van der Waals surface area contributed by atoms with Gasteiger partial charge < -0.3 is 10.6 Å². The minimum absolute atomic E-state index is 0.0519. The average molecular weight is 361 g/mol. The van der Waals surface area contributed by atoms with Crippen LogP contribution in [0.5, 0.6) is 0 Å². The normalized spacial score (nSPS) is 11.3. The molecule has 0 aliphatic heterocycles. The summed E-state index contributed by atoms with van der Waals surface area (Å²) in [6.07, 6.45) is 0.317. The molecule has 0 unspecified atom stereocenters. The molecule has 0 saturated heterocycles. The Balaban J connectivity index is 2.81. The molecule has 0 atom stereocenters. The molecule has 0 aromatic heterocycles. The number of hydrogen-bond donors (Lipinski definition) is 2. The van der Waals surface area contributed by atoms with Crippen LogP contribution >= 0.6 is 11.6 Å². The molecule has 1 rings (SSSR count). The zero-order chi connectivity index (χ0) is 17.6. The summed E-state index contributed by atoms with van der Waals surface area (Å²) in [5.41, 5.74) is 0.729. The standard InChI is InChI=1S/C15H21ClN2O4S/c1-4-14(19)17-11-5-6-12(16)13(7-11)18-15(20)9-23(21,22)8-10(2)3/h5-7,10H,4,8-9H2,1-3H3,(H,17,19)(H,18,20). The molecule has 0 radical (unpaired) electrons. The molecule has 0 heterocycles. The zero-order valence-electron chi connectivity index (χ0n) is 13.3. The average Bonchev–Trinajstić information content (AvgIpc) is 2.40. The van der Waals surface area contributed by atoms with Crippen LogP contribution in [0.15, 0.2) is 18.2 Å². The van der Waals surface area contributed by atoms with Gasteiger partial charge in [0.05, 0.1) is 16.5 Å². The summed E-state index contributed by atoms with van der Waals surface area (Å²) < 4.78 is 23.7. The van der Waals surface area contributed by atoms with Crippen LogP contribution in [0.4, 0.5) is 11.4 Å². The Kier molecular flexibility index (Phi) is 7.02. The van der Waals surface area contributed by atoms with Gasteiger partial charge in [-0.05, 0) is 24.1 Å². The van der Waals surface area contributed by atoms with Gasteiger partial charge in [0, 0.05) is 12.1 Å². The van der Waals surface area contributed by atoms with E-state index >= 15 is 0 Å². The number of carbonyl (C=O) groups is 2. The van der Waals surface area contributed by atoms with Gasteiger partial charge in [-0.25, -0.2) is 8.42 Å². The lowest BCUT2D eigenvalue weighted by molar-refractivity contribution is -0.116. The van der Waals surface area contributed by atoms with Gasteiger partial charge in [0.15, 0.2) is 9.84 Å². The van der Waals surface area contributed by atoms with Gasteiger partial charge in [-0.2, -0.15) is 0 Å². The van der Waals surface area contributed by atoms with Crippen molar-refractivity contribution in [3.8, 4) is 0 Å². The van der Waals surface area contributed by atoms with Crippen LogP contribution in [0, 0.1) is 5.92 Å². The number of halogens is 1. The molecule has 8 heteroatoms. The summed E-state index contributed by atoms with van der Waals surface area (Å²) >= 11 is 5.99. The van der Waals surface area contributed by atoms with Crippen LogP contribution in [0.2, 0.25) is 5.02 Å². The highest BCUT2D eigenvalue weighted by atomic mass is 35.5. The SMILES string of the molecule is CCC(=O)Nc1ccc(Cl)c(NC(=O)CS(=O)(=O)CC(C)C)c1. The predicted molar refractivity (Wildman–Crippen MR) is 92.5 cm³/mol. The first-order valence-corrected chi connectivity index (χ1v) is 9.42. The molecule has 0 saturated carbocycles. The number of carbonyl (C=O) groups excluding carboxylic acids is 2. The van der Waals surface area contributed by atoms with E-state index in [1.807, 2.05) is 0 Å². The Morgan fingerprint density at radius 1 is 1.17 bits per heavy atom. The lowest BCUT2D eigenvalue weighted by Gasteiger charge is -2.11. The molecule has 0 spiro atoms. The number of rotatable bonds is 7. The van der Waals surface area contributed by atoms with Crippen LogP contribution in [0.25, 0.3) is 0 Å². The Labute approximate surface area is 141 Å². The van der Waals surface area contributed by atoms with Crippen molar-refractivity contribution in [1.82, 2.24) is 0 Å². The van der Waals surface area contributed by atoms with Gasteiger partial charge in [0.2, 0.25) is 11.8 Å². The molecule has 128 valence electrons. The van der Waals surface area contributed by atoms with Crippen LogP contribution in [-0.4, -0.2) is 31.7 Å². The molecular weight excluding hydrogens is 340 g/mol. The third-order valence-corrected chi connectivity index (χ3v) is 4.99. The molecule has 6 nitrogen and oxygen atoms in total. The Morgan fingerprint density at radius 3 is 2.39 bits per heavy atom. The fraction of sp³-hybridized carbons (Fsp3) is 0.467. The van der Waals surface area contributed by atoms with Gasteiger partial charge in [0.25, 0.3) is 0 Å². The maximum absolute atomic E-state index is 11.9. The van der Waals surface area contributed by atoms with Crippen molar-refractivity contribution in [2.24, 2.45) is 5.92 Å². The summed E-state index contributed by atoms with van der Waals surface area (Å²) in [7, 11) is -3.47. The second-order valence-corrected chi connectivity index (χ2v) is 8.11. The number of amides is 2. The molecule has 1 aromatic rings. The van der Waals surface area contributed by atoms with E-state index in [4.69, 9.17) is 11.6 Å². The number of nitrogens with one attached hydrogen (secondary N) is 2. The van der Waals surface area contributed by atoms with E-state index < -0.39 is 21.5 Å². The van der Waals surface area contributed by atoms with Crippen LogP contribution in [0.3, 0.4) is 0 Å². The Morgan fingerprint density at radius 2 is 1.83 bits per heavy atom. The molecule has 2 N–H and O–H groups in total. The van der Waals surface area contributed by atoms with Crippen molar-refractivity contribution in [2.75, 3.05) is 22.1 Å². The smallest absolute Gasteiger partial charge is 0.239 e. The lowest BCUT2D eigenvalue weighted by Crippen LogP contribution is -2.26. The van der Waals surface area contributed by atoms with E-state index in [0.29, 0.717) is 12.1 Å². The molecule has 2 amide bonds. The molecule has 23 heavy (non-hydrogen) atoms. The highest BCUT2D eigenvalue weighted by molar-refractivity contribution is 7.92. The number of benzene rings is 1. The Hall–Kier alpha value is -1.60. The predicted octanol–water partition coefficient (Wildman–Crippen LogP) is 2.70. The van der Waals surface area contributed by atoms with Crippen molar-refractivity contribution in [3.05, 3.63) is 23.2 Å². The van der Waals surface area contributed by atoms with Crippen LogP contribution in [-0.2, 0) is 19.4 Å². The van der Waals surface area contributed by atoms with Crippen molar-refractivity contribution in [3.63, 3.8) is 0 Å². The van der Waals surface area contributed by atoms with Gasteiger partial charge >= 0.3 is 0 Å². The van der Waals surface area contributed by atoms with E-state index in [1.165, 1.54) is 12.1 Å². The molecular formula is C15H21ClN2O4S. The highest BCUT2D eigenvalue weighted by Crippen LogP contribution is 2.25. The number of hydrogen-bond acceptors (Lipinski definition) is 4. The first-order valence-electron chi connectivity index (χ1n) is 7.22. The van der Waals surface area contributed by atoms with Crippen molar-refractivity contribution >= 4 is 44.6 Å². The largest absolute Gasteiger partial charge is 0.326 e. The quantitative estimate of drug-likeness (QED) is 0.781. The van der Waals surface area contributed by atoms with Gasteiger partial charge in [-0.15, -0.1) is 0 Å². The van der Waals surface area contributed by atoms with Crippen LogP contribution < -0.4 is 10.6 Å². The van der Waals surface area contributed by atoms with Gasteiger partial charge in [-0.3, -0.25) is 9.59 Å². The summed E-state index contributed by atoms with van der Waals surface area (Å²) in [5.74, 6) is -1.55. The van der Waals surface area contributed by atoms with Gasteiger partial charge in [-0.1, -0.05) is 32.4 Å². The summed E-state index contributed by atoms with van der Waals surface area (Å²) in [6.45, 7) is 5.26. The molecule has 0 fully saturated rings. The fourth-order valence-electron chi connectivity index (χ4n) is 1.90. The van der Waals surface area contributed by atoms with E-state index in [2.05, 4.69) is 10.6 Å². The summed E-state index contributed by atoms with van der Waals surface area (Å²) in [5, 5.41) is 5.37. The monoisotopic (exact) mass is 360 g/mol. The maximum atomic E-state index is 11.9. The van der Waals surface area contributed by atoms with Gasteiger partial charge in [0.1, 0.15) is 5.75 Å². The highest BCUT2D eigenvalue weighted by Gasteiger charge is 2.19. The summed E-state index contributed by atoms with van der Waals surface area (Å²) in [6, 6.07) is 4.61. The maximum Gasteiger partial charge on any atom is 0.239 e. The first kappa shape index (κ1) is 19.4. The Bertz CT molecular complexity index is 687. The van der Waals surface area contributed by atoms with E-state index in [-0.39, 0.29) is 28.3 Å².